The highest BCUT2D eigenvalue weighted by Gasteiger charge is 2.16. The van der Waals surface area contributed by atoms with Gasteiger partial charge in [0.15, 0.2) is 5.75 Å². The van der Waals surface area contributed by atoms with Gasteiger partial charge >= 0.3 is 0 Å². The first kappa shape index (κ1) is 20.6. The zero-order valence-corrected chi connectivity index (χ0v) is 17.3. The number of nitrogens with zero attached hydrogens (tertiary/aromatic N) is 2. The third-order valence-electron chi connectivity index (χ3n) is 5.42. The van der Waals surface area contributed by atoms with Crippen molar-refractivity contribution in [2.75, 3.05) is 0 Å². The van der Waals surface area contributed by atoms with E-state index in [0.29, 0.717) is 5.69 Å². The van der Waals surface area contributed by atoms with E-state index in [4.69, 9.17) is 0 Å². The van der Waals surface area contributed by atoms with E-state index < -0.39 is 11.5 Å². The molecule has 0 fully saturated rings. The lowest BCUT2D eigenvalue weighted by atomic mass is 10.0. The van der Waals surface area contributed by atoms with Gasteiger partial charge in [-0.2, -0.15) is 0 Å². The molecular weight excluding hydrogens is 388 g/mol. The van der Waals surface area contributed by atoms with Crippen LogP contribution in [0.1, 0.15) is 34.9 Å². The highest BCUT2D eigenvalue weighted by atomic mass is 16.3. The molecule has 1 aromatic carbocycles. The molecule has 1 atom stereocenters. The average molecular weight is 412 g/mol. The van der Waals surface area contributed by atoms with Crippen LogP contribution in [0.2, 0.25) is 0 Å². The second-order valence-corrected chi connectivity index (χ2v) is 7.60. The van der Waals surface area contributed by atoms with Crippen LogP contribution < -0.4 is 5.43 Å². The Morgan fingerprint density at radius 2 is 2.03 bits per heavy atom. The van der Waals surface area contributed by atoms with Crippen molar-refractivity contribution in [3.8, 4) is 11.4 Å². The van der Waals surface area contributed by atoms with Gasteiger partial charge in [0, 0.05) is 36.3 Å². The monoisotopic (exact) mass is 412 g/mol. The first-order valence-corrected chi connectivity index (χ1v) is 10.2. The Morgan fingerprint density at radius 1 is 1.16 bits per heavy atom. The molecule has 0 amide bonds. The number of aryl methyl sites for hydroxylation is 1. The highest BCUT2D eigenvalue weighted by molar-refractivity contribution is 5.70. The van der Waals surface area contributed by atoms with Gasteiger partial charge in [-0.15, -0.1) is 0 Å². The minimum atomic E-state index is -0.804. The van der Waals surface area contributed by atoms with Crippen LogP contribution in [-0.4, -0.2) is 19.8 Å². The molecule has 0 bridgehead atoms. The Kier molecular flexibility index (Phi) is 5.96. The number of pyridine rings is 2. The lowest BCUT2D eigenvalue weighted by Gasteiger charge is -2.19. The summed E-state index contributed by atoms with van der Waals surface area (Å²) in [6.07, 6.45) is 15.2. The van der Waals surface area contributed by atoms with E-state index in [9.17, 15) is 15.0 Å². The number of aliphatic hydroxyl groups excluding tert-OH is 1. The summed E-state index contributed by atoms with van der Waals surface area (Å²) in [5.41, 5.74) is 4.82. The van der Waals surface area contributed by atoms with Crippen molar-refractivity contribution in [2.24, 2.45) is 0 Å². The minimum absolute atomic E-state index is 0.221. The van der Waals surface area contributed by atoms with Gasteiger partial charge in [0.2, 0.25) is 5.43 Å². The number of aromatic hydroxyl groups is 1. The number of aromatic nitrogens is 2. The summed E-state index contributed by atoms with van der Waals surface area (Å²) >= 11 is 0. The summed E-state index contributed by atoms with van der Waals surface area (Å²) in [7, 11) is 0. The first-order valence-electron chi connectivity index (χ1n) is 10.2. The van der Waals surface area contributed by atoms with Crippen molar-refractivity contribution in [1.82, 2.24) is 9.55 Å². The molecule has 2 N–H and O–H groups in total. The molecule has 0 spiro atoms. The number of hydrogen-bond donors (Lipinski definition) is 2. The van der Waals surface area contributed by atoms with E-state index in [2.05, 4.69) is 17.1 Å². The SMILES string of the molecule is Cc1cnccc1C(O)Cc1cc(=O)c(O)cn1-c1cccc(C2=CC=CC=CC2)c1. The molecule has 2 aromatic heterocycles. The van der Waals surface area contributed by atoms with Gasteiger partial charge < -0.3 is 14.8 Å². The van der Waals surface area contributed by atoms with E-state index in [-0.39, 0.29) is 12.2 Å². The number of hydrogen-bond acceptors (Lipinski definition) is 4. The molecule has 31 heavy (non-hydrogen) atoms. The predicted molar refractivity (Wildman–Crippen MR) is 122 cm³/mol. The molecule has 1 unspecified atom stereocenters. The van der Waals surface area contributed by atoms with Gasteiger partial charge in [-0.25, -0.2) is 0 Å². The van der Waals surface area contributed by atoms with E-state index in [1.807, 2.05) is 49.4 Å². The molecule has 0 saturated heterocycles. The molecule has 5 heteroatoms. The van der Waals surface area contributed by atoms with Gasteiger partial charge in [0.25, 0.3) is 0 Å². The minimum Gasteiger partial charge on any atom is -0.503 e. The molecule has 4 rings (SSSR count). The largest absolute Gasteiger partial charge is 0.503 e. The molecule has 0 saturated carbocycles. The number of aliphatic hydroxyl groups is 1. The summed E-state index contributed by atoms with van der Waals surface area (Å²) in [6.45, 7) is 1.89. The molecule has 0 radical (unpaired) electrons. The first-order chi connectivity index (χ1) is 15.0. The zero-order valence-electron chi connectivity index (χ0n) is 17.3. The molecule has 2 heterocycles. The molecule has 156 valence electrons. The van der Waals surface area contributed by atoms with E-state index >= 15 is 0 Å². The number of benzene rings is 1. The summed E-state index contributed by atoms with van der Waals surface area (Å²) in [6, 6.07) is 11.1. The van der Waals surface area contributed by atoms with Gasteiger partial charge in [-0.1, -0.05) is 42.5 Å². The molecule has 3 aromatic rings. The predicted octanol–water partition coefficient (Wildman–Crippen LogP) is 4.42. The highest BCUT2D eigenvalue weighted by Crippen LogP contribution is 2.26. The topological polar surface area (TPSA) is 75.3 Å². The normalized spacial score (nSPS) is 14.2. The second-order valence-electron chi connectivity index (χ2n) is 7.60. The standard InChI is InChI=1S/C26H24N2O3/c1-18-16-27-12-11-23(18)24(29)14-22-15-25(30)26(31)17-28(22)21-10-6-9-20(13-21)19-7-4-2-3-5-8-19/h2-7,9-13,15-17,24,29,31H,8,14H2,1H3. The number of allylic oxidation sites excluding steroid dienone is 6. The maximum absolute atomic E-state index is 12.2. The number of rotatable bonds is 5. The Labute approximate surface area is 181 Å². The van der Waals surface area contributed by atoms with Crippen molar-refractivity contribution < 1.29 is 10.2 Å². The molecule has 5 nitrogen and oxygen atoms in total. The average Bonchev–Trinajstić information content (AvgIpc) is 3.06. The molecule has 0 aliphatic heterocycles. The maximum atomic E-state index is 12.2. The van der Waals surface area contributed by atoms with Crippen LogP contribution in [0.3, 0.4) is 0 Å². The van der Waals surface area contributed by atoms with Gasteiger partial charge in [0.1, 0.15) is 0 Å². The zero-order chi connectivity index (χ0) is 21.8. The molecule has 1 aliphatic rings. The van der Waals surface area contributed by atoms with Crippen molar-refractivity contribution >= 4 is 5.57 Å². The van der Waals surface area contributed by atoms with E-state index in [0.717, 1.165) is 28.8 Å². The van der Waals surface area contributed by atoms with Crippen LogP contribution in [0, 0.1) is 6.92 Å². The smallest absolute Gasteiger partial charge is 0.223 e. The molecular formula is C26H24N2O3. The van der Waals surface area contributed by atoms with Crippen LogP contribution in [0.15, 0.2) is 90.2 Å². The van der Waals surface area contributed by atoms with Gasteiger partial charge in [-0.05, 0) is 53.8 Å². The van der Waals surface area contributed by atoms with Crippen LogP contribution in [0.4, 0.5) is 0 Å². The Morgan fingerprint density at radius 3 is 2.87 bits per heavy atom. The van der Waals surface area contributed by atoms with Gasteiger partial charge in [0.05, 0.1) is 12.3 Å². The van der Waals surface area contributed by atoms with Crippen molar-refractivity contribution in [3.05, 3.63) is 118 Å². The Balaban J connectivity index is 1.75. The molecule has 1 aliphatic carbocycles. The maximum Gasteiger partial charge on any atom is 0.223 e. The lowest BCUT2D eigenvalue weighted by Crippen LogP contribution is -2.15. The third-order valence-corrected chi connectivity index (χ3v) is 5.42. The summed E-state index contributed by atoms with van der Waals surface area (Å²) < 4.78 is 1.77. The quantitative estimate of drug-likeness (QED) is 0.650. The third kappa shape index (κ3) is 4.57. The summed E-state index contributed by atoms with van der Waals surface area (Å²) in [4.78, 5) is 16.3. The van der Waals surface area contributed by atoms with Crippen LogP contribution >= 0.6 is 0 Å². The summed E-state index contributed by atoms with van der Waals surface area (Å²) in [5, 5.41) is 20.9. The van der Waals surface area contributed by atoms with Crippen molar-refractivity contribution in [2.45, 2.75) is 25.9 Å². The lowest BCUT2D eigenvalue weighted by molar-refractivity contribution is 0.175. The summed E-state index contributed by atoms with van der Waals surface area (Å²) in [5.74, 6) is -0.330. The Hall–Kier alpha value is -3.70. The Bertz CT molecular complexity index is 1250. The van der Waals surface area contributed by atoms with Crippen LogP contribution in [-0.2, 0) is 6.42 Å². The fourth-order valence-electron chi connectivity index (χ4n) is 3.77. The van der Waals surface area contributed by atoms with Crippen LogP contribution in [0.5, 0.6) is 5.75 Å². The van der Waals surface area contributed by atoms with Crippen molar-refractivity contribution in [1.29, 1.82) is 0 Å². The van der Waals surface area contributed by atoms with Gasteiger partial charge in [-0.3, -0.25) is 9.78 Å². The fraction of sp³-hybridized carbons (Fsp3) is 0.154. The fourth-order valence-corrected chi connectivity index (χ4v) is 3.77. The van der Waals surface area contributed by atoms with Crippen molar-refractivity contribution in [3.63, 3.8) is 0 Å². The van der Waals surface area contributed by atoms with Crippen LogP contribution in [0.25, 0.3) is 11.3 Å². The second kappa shape index (κ2) is 8.98. The van der Waals surface area contributed by atoms with E-state index in [1.54, 1.807) is 23.0 Å². The van der Waals surface area contributed by atoms with E-state index in [1.165, 1.54) is 17.8 Å².